The molecule has 0 aliphatic heterocycles. The SMILES string of the molecule is CC1(C)c2ccccc2-c2nc3ccccc3c(-c3ccc(-c4cc(-c5ccc6ccc7ccc(-c8ccccc8)nc7c6n5)cc(-c5ccc6ccc7ccc(-c8ccccc8)nc7c6n5)c4)cc3)c21. The number of rotatable bonds is 6. The highest BCUT2D eigenvalue weighted by atomic mass is 14.8. The number of hydrogen-bond donors (Lipinski definition) is 0. The lowest BCUT2D eigenvalue weighted by Crippen LogP contribution is -2.16. The average molecular weight is 906 g/mol. The molecule has 0 unspecified atom stereocenters. The minimum Gasteiger partial charge on any atom is -0.247 e. The van der Waals surface area contributed by atoms with E-state index in [4.69, 9.17) is 24.9 Å². The fourth-order valence-electron chi connectivity index (χ4n) is 11.0. The highest BCUT2D eigenvalue weighted by Gasteiger charge is 2.39. The van der Waals surface area contributed by atoms with Gasteiger partial charge < -0.3 is 0 Å². The first-order chi connectivity index (χ1) is 34.9. The van der Waals surface area contributed by atoms with Gasteiger partial charge in [-0.3, -0.25) is 0 Å². The van der Waals surface area contributed by atoms with E-state index in [2.05, 4.69) is 226 Å². The average Bonchev–Trinajstić information content (AvgIpc) is 3.67. The largest absolute Gasteiger partial charge is 0.247 e. The predicted molar refractivity (Wildman–Crippen MR) is 293 cm³/mol. The highest BCUT2D eigenvalue weighted by Crippen LogP contribution is 2.53. The van der Waals surface area contributed by atoms with Gasteiger partial charge in [0.15, 0.2) is 0 Å². The standard InChI is InChI=1S/C66H43N5/c1-66(2)53-19-11-9-17-51(53)65-60(66)59(52-18-10-12-20-58(52)71-65)43-23-21-40(22-24-43)48-37-49(56-35-31-46-27-25-44-29-33-54(41-13-5-3-6-14-41)67-61(44)63(46)69-56)39-50(38-48)57-36-32-47-28-26-45-30-34-55(42-15-7-4-8-16-42)68-62(45)64(47)70-57/h3-39H,1-2H3. The molecule has 8 aromatic carbocycles. The van der Waals surface area contributed by atoms with Crippen molar-refractivity contribution in [3.63, 3.8) is 0 Å². The Morgan fingerprint density at radius 2 is 0.718 bits per heavy atom. The lowest BCUT2D eigenvalue weighted by Gasteiger charge is -2.25. The number of aromatic nitrogens is 5. The zero-order valence-corrected chi connectivity index (χ0v) is 39.1. The van der Waals surface area contributed by atoms with Gasteiger partial charge in [-0.05, 0) is 81.9 Å². The van der Waals surface area contributed by atoms with Crippen LogP contribution in [0, 0.1) is 0 Å². The van der Waals surface area contributed by atoms with E-state index in [1.165, 1.54) is 22.3 Å². The van der Waals surface area contributed by atoms with Crippen molar-refractivity contribution in [3.05, 3.63) is 236 Å². The molecule has 0 fully saturated rings. The molecule has 5 aromatic heterocycles. The van der Waals surface area contributed by atoms with E-state index >= 15 is 0 Å². The third kappa shape index (κ3) is 6.73. The Balaban J connectivity index is 0.949. The first-order valence-corrected chi connectivity index (χ1v) is 24.2. The summed E-state index contributed by atoms with van der Waals surface area (Å²) in [6, 6.07) is 79.5. The molecule has 0 N–H and O–H groups in total. The Hall–Kier alpha value is -9.19. The molecule has 0 radical (unpaired) electrons. The summed E-state index contributed by atoms with van der Waals surface area (Å²) in [5.74, 6) is 0. The summed E-state index contributed by atoms with van der Waals surface area (Å²) in [4.78, 5) is 26.7. The Morgan fingerprint density at radius 3 is 1.24 bits per heavy atom. The van der Waals surface area contributed by atoms with E-state index in [1.807, 2.05) is 12.1 Å². The van der Waals surface area contributed by atoms with Gasteiger partial charge in [0.1, 0.15) is 0 Å². The molecular formula is C66H43N5. The molecule has 1 aliphatic carbocycles. The quantitative estimate of drug-likeness (QED) is 0.156. The van der Waals surface area contributed by atoms with Crippen molar-refractivity contribution in [1.82, 2.24) is 24.9 Å². The van der Waals surface area contributed by atoms with Crippen LogP contribution in [0.5, 0.6) is 0 Å². The molecule has 1 aliphatic rings. The smallest absolute Gasteiger partial charge is 0.0972 e. The number of benzene rings is 8. The van der Waals surface area contributed by atoms with Gasteiger partial charge in [-0.25, -0.2) is 24.9 Å². The third-order valence-electron chi connectivity index (χ3n) is 14.6. The molecule has 0 saturated heterocycles. The van der Waals surface area contributed by atoms with Crippen LogP contribution in [0.1, 0.15) is 25.0 Å². The molecule has 0 spiro atoms. The topological polar surface area (TPSA) is 64.5 Å². The lowest BCUT2D eigenvalue weighted by atomic mass is 9.78. The molecule has 5 heterocycles. The molecule has 71 heavy (non-hydrogen) atoms. The van der Waals surface area contributed by atoms with Crippen LogP contribution in [0.15, 0.2) is 224 Å². The number of nitrogens with zero attached hydrogens (tertiary/aromatic N) is 5. The molecular weight excluding hydrogens is 863 g/mol. The van der Waals surface area contributed by atoms with Crippen molar-refractivity contribution in [1.29, 1.82) is 0 Å². The highest BCUT2D eigenvalue weighted by molar-refractivity contribution is 6.06. The number of para-hydroxylation sites is 1. The normalized spacial score (nSPS) is 12.8. The summed E-state index contributed by atoms with van der Waals surface area (Å²) in [6.07, 6.45) is 0. The van der Waals surface area contributed by atoms with Crippen LogP contribution in [-0.4, -0.2) is 24.9 Å². The molecule has 332 valence electrons. The summed E-state index contributed by atoms with van der Waals surface area (Å²) in [5.41, 5.74) is 21.4. The Kier molecular flexibility index (Phi) is 9.17. The van der Waals surface area contributed by atoms with Gasteiger partial charge in [0, 0.05) is 60.2 Å². The van der Waals surface area contributed by atoms with Crippen molar-refractivity contribution < 1.29 is 0 Å². The van der Waals surface area contributed by atoms with Crippen LogP contribution in [0.25, 0.3) is 133 Å². The van der Waals surface area contributed by atoms with E-state index in [9.17, 15) is 0 Å². The zero-order chi connectivity index (χ0) is 47.2. The third-order valence-corrected chi connectivity index (χ3v) is 14.6. The van der Waals surface area contributed by atoms with Crippen LogP contribution in [-0.2, 0) is 5.41 Å². The first kappa shape index (κ1) is 40.8. The van der Waals surface area contributed by atoms with Crippen LogP contribution in [0.3, 0.4) is 0 Å². The summed E-state index contributed by atoms with van der Waals surface area (Å²) >= 11 is 0. The first-order valence-electron chi connectivity index (χ1n) is 24.2. The van der Waals surface area contributed by atoms with E-state index in [0.29, 0.717) is 0 Å². The Bertz CT molecular complexity index is 4120. The van der Waals surface area contributed by atoms with Crippen LogP contribution < -0.4 is 0 Å². The zero-order valence-electron chi connectivity index (χ0n) is 39.1. The van der Waals surface area contributed by atoms with Crippen molar-refractivity contribution in [3.8, 4) is 78.5 Å². The van der Waals surface area contributed by atoms with Gasteiger partial charge in [0.05, 0.1) is 56.1 Å². The van der Waals surface area contributed by atoms with E-state index in [1.54, 1.807) is 0 Å². The van der Waals surface area contributed by atoms with E-state index in [0.717, 1.165) is 122 Å². The second-order valence-corrected chi connectivity index (χ2v) is 19.2. The van der Waals surface area contributed by atoms with Crippen LogP contribution in [0.4, 0.5) is 0 Å². The Labute approximate surface area is 410 Å². The maximum atomic E-state index is 5.46. The van der Waals surface area contributed by atoms with Gasteiger partial charge in [0.25, 0.3) is 0 Å². The molecule has 5 nitrogen and oxygen atoms in total. The molecule has 0 saturated carbocycles. The second-order valence-electron chi connectivity index (χ2n) is 19.2. The number of hydrogen-bond acceptors (Lipinski definition) is 5. The van der Waals surface area contributed by atoms with Crippen LogP contribution in [0.2, 0.25) is 0 Å². The monoisotopic (exact) mass is 905 g/mol. The maximum Gasteiger partial charge on any atom is 0.0972 e. The molecule has 14 rings (SSSR count). The minimum atomic E-state index is -0.228. The van der Waals surface area contributed by atoms with Gasteiger partial charge in [0.2, 0.25) is 0 Å². The van der Waals surface area contributed by atoms with Crippen molar-refractivity contribution >= 4 is 54.5 Å². The molecule has 0 bridgehead atoms. The minimum absolute atomic E-state index is 0.228. The van der Waals surface area contributed by atoms with Crippen molar-refractivity contribution in [2.45, 2.75) is 19.3 Å². The van der Waals surface area contributed by atoms with Gasteiger partial charge in [-0.15, -0.1) is 0 Å². The summed E-state index contributed by atoms with van der Waals surface area (Å²) in [6.45, 7) is 4.67. The van der Waals surface area contributed by atoms with Gasteiger partial charge in [-0.1, -0.05) is 190 Å². The van der Waals surface area contributed by atoms with E-state index < -0.39 is 0 Å². The molecule has 5 heteroatoms. The lowest BCUT2D eigenvalue weighted by molar-refractivity contribution is 0.662. The molecule has 13 aromatic rings. The Morgan fingerprint density at radius 1 is 0.310 bits per heavy atom. The number of fused-ring (bicyclic) bond motifs is 10. The molecule has 0 atom stereocenters. The fraction of sp³-hybridized carbons (Fsp3) is 0.0455. The summed E-state index contributed by atoms with van der Waals surface area (Å²) in [5, 5.41) is 5.33. The van der Waals surface area contributed by atoms with E-state index in [-0.39, 0.29) is 5.41 Å². The van der Waals surface area contributed by atoms with Gasteiger partial charge in [-0.2, -0.15) is 0 Å². The summed E-state index contributed by atoms with van der Waals surface area (Å²) in [7, 11) is 0. The van der Waals surface area contributed by atoms with Crippen molar-refractivity contribution in [2.75, 3.05) is 0 Å². The van der Waals surface area contributed by atoms with Crippen LogP contribution >= 0.6 is 0 Å². The molecule has 0 amide bonds. The fourth-order valence-corrected chi connectivity index (χ4v) is 11.0. The summed E-state index contributed by atoms with van der Waals surface area (Å²) < 4.78 is 0. The number of pyridine rings is 5. The maximum absolute atomic E-state index is 5.46. The van der Waals surface area contributed by atoms with Gasteiger partial charge >= 0.3 is 0 Å². The van der Waals surface area contributed by atoms with Crippen molar-refractivity contribution in [2.24, 2.45) is 0 Å². The second kappa shape index (κ2) is 15.9. The predicted octanol–water partition coefficient (Wildman–Crippen LogP) is 16.7.